The van der Waals surface area contributed by atoms with E-state index < -0.39 is 0 Å². The molecule has 0 spiro atoms. The van der Waals surface area contributed by atoms with Crippen molar-refractivity contribution in [1.29, 1.82) is 0 Å². The van der Waals surface area contributed by atoms with E-state index in [2.05, 4.69) is 22.1 Å². The van der Waals surface area contributed by atoms with Crippen LogP contribution < -0.4 is 5.32 Å². The molecule has 0 radical (unpaired) electrons. The second kappa shape index (κ2) is 5.04. The molecule has 4 heteroatoms. The number of hydrogen-bond donors (Lipinski definition) is 1. The van der Waals surface area contributed by atoms with Gasteiger partial charge in [-0.1, -0.05) is 6.92 Å². The van der Waals surface area contributed by atoms with Crippen LogP contribution in [-0.4, -0.2) is 35.1 Å². The molecule has 0 bridgehead atoms. The summed E-state index contributed by atoms with van der Waals surface area (Å²) in [5.41, 5.74) is 0. The van der Waals surface area contributed by atoms with Crippen LogP contribution in [0.4, 0.5) is 0 Å². The lowest BCUT2D eigenvalue weighted by molar-refractivity contribution is 0.298. The van der Waals surface area contributed by atoms with Gasteiger partial charge in [0.2, 0.25) is 0 Å². The topological polar surface area (TPSA) is 28.2 Å². The molecule has 2 saturated heterocycles. The van der Waals surface area contributed by atoms with Crippen LogP contribution in [0.5, 0.6) is 0 Å². The van der Waals surface area contributed by atoms with Gasteiger partial charge in [0.15, 0.2) is 0 Å². The van der Waals surface area contributed by atoms with E-state index >= 15 is 0 Å². The lowest BCUT2D eigenvalue weighted by Gasteiger charge is -2.20. The fraction of sp³-hybridized carbons (Fsp3) is 0.769. The van der Waals surface area contributed by atoms with Crippen LogP contribution in [-0.2, 0) is 13.0 Å². The van der Waals surface area contributed by atoms with Crippen molar-refractivity contribution < 1.29 is 0 Å². The maximum atomic E-state index is 4.48. The van der Waals surface area contributed by atoms with E-state index in [1.54, 1.807) is 0 Å². The first kappa shape index (κ1) is 11.6. The molecule has 0 amide bonds. The number of nitrogens with zero attached hydrogens (tertiary/aromatic N) is 2. The number of hydrogen-bond acceptors (Lipinski definition) is 4. The lowest BCUT2D eigenvalue weighted by atomic mass is 10.1. The van der Waals surface area contributed by atoms with Crippen LogP contribution in [0.15, 0.2) is 6.20 Å². The number of thiazole rings is 1. The summed E-state index contributed by atoms with van der Waals surface area (Å²) in [5.74, 6) is 0. The van der Waals surface area contributed by atoms with Gasteiger partial charge in [-0.15, -0.1) is 11.3 Å². The molecule has 2 fully saturated rings. The quantitative estimate of drug-likeness (QED) is 0.887. The van der Waals surface area contributed by atoms with E-state index in [4.69, 9.17) is 0 Å². The van der Waals surface area contributed by atoms with Crippen LogP contribution in [0, 0.1) is 0 Å². The Morgan fingerprint density at radius 1 is 1.47 bits per heavy atom. The molecule has 1 aromatic rings. The number of nitrogens with one attached hydrogen (secondary N) is 1. The zero-order valence-electron chi connectivity index (χ0n) is 10.5. The Hall–Kier alpha value is -0.450. The number of rotatable bonds is 4. The summed E-state index contributed by atoms with van der Waals surface area (Å²) in [4.78, 5) is 8.52. The van der Waals surface area contributed by atoms with Crippen LogP contribution in [0.3, 0.4) is 0 Å². The van der Waals surface area contributed by atoms with E-state index in [1.807, 2.05) is 17.5 Å². The Labute approximate surface area is 107 Å². The Kier molecular flexibility index (Phi) is 3.45. The predicted octanol–water partition coefficient (Wildman–Crippen LogP) is 2.03. The summed E-state index contributed by atoms with van der Waals surface area (Å²) in [6, 6.07) is 1.51. The molecule has 3 nitrogen and oxygen atoms in total. The highest BCUT2D eigenvalue weighted by Gasteiger charge is 2.36. The highest BCUT2D eigenvalue weighted by atomic mass is 32.1. The zero-order valence-corrected chi connectivity index (χ0v) is 11.3. The van der Waals surface area contributed by atoms with E-state index in [0.717, 1.165) is 19.0 Å². The van der Waals surface area contributed by atoms with E-state index in [-0.39, 0.29) is 0 Å². The Morgan fingerprint density at radius 3 is 3.24 bits per heavy atom. The standard InChI is InChI=1S/C13H21N3S/c1-2-10-8-15-13(17-10)9-14-11-5-7-16-6-3-4-12(11)16/h8,11-12,14H,2-7,9H2,1H3. The minimum atomic E-state index is 0.700. The van der Waals surface area contributed by atoms with Crippen molar-refractivity contribution in [2.45, 2.75) is 51.2 Å². The van der Waals surface area contributed by atoms with Crippen LogP contribution in [0.1, 0.15) is 36.1 Å². The largest absolute Gasteiger partial charge is 0.306 e. The molecule has 2 atom stereocenters. The van der Waals surface area contributed by atoms with Gasteiger partial charge < -0.3 is 5.32 Å². The fourth-order valence-corrected chi connectivity index (χ4v) is 3.95. The molecule has 3 rings (SSSR count). The molecule has 2 unspecified atom stereocenters. The van der Waals surface area contributed by atoms with Crippen molar-refractivity contribution in [3.63, 3.8) is 0 Å². The molecule has 3 heterocycles. The highest BCUT2D eigenvalue weighted by Crippen LogP contribution is 2.28. The van der Waals surface area contributed by atoms with Gasteiger partial charge >= 0.3 is 0 Å². The van der Waals surface area contributed by atoms with Gasteiger partial charge in [0.25, 0.3) is 0 Å². The molecule has 2 aliphatic heterocycles. The SMILES string of the molecule is CCc1cnc(CNC2CCN3CCCC23)s1. The maximum absolute atomic E-state index is 4.48. The molecule has 1 N–H and O–H groups in total. The van der Waals surface area contributed by atoms with Gasteiger partial charge in [-0.2, -0.15) is 0 Å². The Morgan fingerprint density at radius 2 is 2.41 bits per heavy atom. The normalized spacial score (nSPS) is 28.8. The smallest absolute Gasteiger partial charge is 0.107 e. The van der Waals surface area contributed by atoms with Crippen molar-refractivity contribution >= 4 is 11.3 Å². The third-order valence-electron chi connectivity index (χ3n) is 4.07. The molecule has 94 valence electrons. The summed E-state index contributed by atoms with van der Waals surface area (Å²) in [6.45, 7) is 5.76. The Bertz CT molecular complexity index is 376. The summed E-state index contributed by atoms with van der Waals surface area (Å²) in [6.07, 6.45) is 7.22. The maximum Gasteiger partial charge on any atom is 0.107 e. The average molecular weight is 251 g/mol. The molecular formula is C13H21N3S. The van der Waals surface area contributed by atoms with Gasteiger partial charge in [-0.25, -0.2) is 4.98 Å². The van der Waals surface area contributed by atoms with Gasteiger partial charge in [-0.3, -0.25) is 4.90 Å². The monoisotopic (exact) mass is 251 g/mol. The Balaban J connectivity index is 1.54. The predicted molar refractivity (Wildman–Crippen MR) is 71.3 cm³/mol. The summed E-state index contributed by atoms with van der Waals surface area (Å²) < 4.78 is 0. The van der Waals surface area contributed by atoms with Crippen LogP contribution in [0.2, 0.25) is 0 Å². The fourth-order valence-electron chi connectivity index (χ4n) is 3.13. The molecule has 1 aromatic heterocycles. The van der Waals surface area contributed by atoms with Crippen LogP contribution in [0.25, 0.3) is 0 Å². The van der Waals surface area contributed by atoms with E-state index in [1.165, 1.54) is 42.2 Å². The van der Waals surface area contributed by atoms with E-state index in [0.29, 0.717) is 6.04 Å². The second-order valence-corrected chi connectivity index (χ2v) is 6.30. The first-order chi connectivity index (χ1) is 8.36. The lowest BCUT2D eigenvalue weighted by Crippen LogP contribution is -2.38. The summed E-state index contributed by atoms with van der Waals surface area (Å²) >= 11 is 1.85. The number of aryl methyl sites for hydroxylation is 1. The average Bonchev–Trinajstić information content (AvgIpc) is 3.03. The van der Waals surface area contributed by atoms with Crippen molar-refractivity contribution in [1.82, 2.24) is 15.2 Å². The van der Waals surface area contributed by atoms with Gasteiger partial charge in [0.05, 0.1) is 0 Å². The van der Waals surface area contributed by atoms with E-state index in [9.17, 15) is 0 Å². The first-order valence-electron chi connectivity index (χ1n) is 6.78. The number of fused-ring (bicyclic) bond motifs is 1. The van der Waals surface area contributed by atoms with Crippen molar-refractivity contribution in [2.75, 3.05) is 13.1 Å². The molecule has 2 aliphatic rings. The molecule has 0 aliphatic carbocycles. The molecule has 0 saturated carbocycles. The number of aromatic nitrogens is 1. The highest BCUT2D eigenvalue weighted by molar-refractivity contribution is 7.11. The third kappa shape index (κ3) is 2.39. The van der Waals surface area contributed by atoms with Crippen molar-refractivity contribution in [2.24, 2.45) is 0 Å². The third-order valence-corrected chi connectivity index (χ3v) is 5.21. The second-order valence-electron chi connectivity index (χ2n) is 5.10. The van der Waals surface area contributed by atoms with Gasteiger partial charge in [0.1, 0.15) is 5.01 Å². The minimum Gasteiger partial charge on any atom is -0.306 e. The van der Waals surface area contributed by atoms with Crippen molar-refractivity contribution in [3.05, 3.63) is 16.1 Å². The molecule has 17 heavy (non-hydrogen) atoms. The first-order valence-corrected chi connectivity index (χ1v) is 7.59. The van der Waals surface area contributed by atoms with Crippen LogP contribution >= 0.6 is 11.3 Å². The minimum absolute atomic E-state index is 0.700. The summed E-state index contributed by atoms with van der Waals surface area (Å²) in [7, 11) is 0. The zero-order chi connectivity index (χ0) is 11.7. The molecule has 0 aromatic carbocycles. The van der Waals surface area contributed by atoms with Gasteiger partial charge in [-0.05, 0) is 32.2 Å². The molecular weight excluding hydrogens is 230 g/mol. The van der Waals surface area contributed by atoms with Crippen molar-refractivity contribution in [3.8, 4) is 0 Å². The van der Waals surface area contributed by atoms with Gasteiger partial charge in [0, 0.05) is 36.2 Å². The summed E-state index contributed by atoms with van der Waals surface area (Å²) in [5, 5.41) is 4.96.